The molecule has 1 N–H and O–H groups in total. The van der Waals surface area contributed by atoms with Crippen LogP contribution in [0.2, 0.25) is 0 Å². The third-order valence-corrected chi connectivity index (χ3v) is 0. The fraction of sp³-hybridized carbons (Fsp3) is 0.500. The van der Waals surface area contributed by atoms with Crippen LogP contribution in [-0.4, -0.2) is 38.4 Å². The summed E-state index contributed by atoms with van der Waals surface area (Å²) in [4.78, 5) is 9.00. The predicted molar refractivity (Wildman–Crippen MR) is 21.9 cm³/mol. The van der Waals surface area contributed by atoms with Gasteiger partial charge in [0, 0.05) is 6.92 Å². The first-order valence-corrected chi connectivity index (χ1v) is 0.928. The average Bonchev–Trinajstić information content (AvgIpc) is 0.811. The number of hydrogen-bond acceptors (Lipinski definition) is 1. The molecule has 3 heteroatoms. The predicted octanol–water partition coefficient (Wildman–Crippen LogP) is -0.825. The molecular weight excluding hydrogens is 263 g/mol. The van der Waals surface area contributed by atoms with Gasteiger partial charge in [0.25, 0.3) is 5.97 Å². The van der Waals surface area contributed by atoms with Crippen molar-refractivity contribution in [3.05, 3.63) is 0 Å². The molecule has 30 valence electrons. The van der Waals surface area contributed by atoms with Crippen molar-refractivity contribution in [1.82, 2.24) is 0 Å². The van der Waals surface area contributed by atoms with E-state index in [1.165, 1.54) is 0 Å². The van der Waals surface area contributed by atoms with E-state index in [0.29, 0.717) is 0 Å². The van der Waals surface area contributed by atoms with Gasteiger partial charge in [0.15, 0.2) is 0 Å². The fourth-order valence-electron chi connectivity index (χ4n) is 0. The van der Waals surface area contributed by atoms with Crippen LogP contribution in [0.15, 0.2) is 0 Å². The van der Waals surface area contributed by atoms with Crippen molar-refractivity contribution in [3.8, 4) is 0 Å². The first kappa shape index (κ1) is 9.04. The van der Waals surface area contributed by atoms with E-state index in [1.807, 2.05) is 0 Å². The van der Waals surface area contributed by atoms with Crippen molar-refractivity contribution in [1.29, 1.82) is 0 Å². The van der Waals surface area contributed by atoms with Crippen LogP contribution in [-0.2, 0) is 4.79 Å². The number of carboxylic acid groups (broad SMARTS) is 1. The molecule has 0 saturated heterocycles. The Balaban J connectivity index is 0. The summed E-state index contributed by atoms with van der Waals surface area (Å²) in [5, 5.41) is 7.42. The molecule has 5 heavy (non-hydrogen) atoms. The van der Waals surface area contributed by atoms with E-state index in [4.69, 9.17) is 9.90 Å². The zero-order chi connectivity index (χ0) is 3.58. The molecule has 2 radical (unpaired) electrons. The number of carboxylic acids is 1. The third-order valence-electron chi connectivity index (χ3n) is 0. The number of rotatable bonds is 0. The molecule has 0 aromatic carbocycles. The van der Waals surface area contributed by atoms with E-state index < -0.39 is 5.97 Å². The van der Waals surface area contributed by atoms with Crippen LogP contribution in [0.3, 0.4) is 0 Å². The van der Waals surface area contributed by atoms with Crippen molar-refractivity contribution < 1.29 is 9.90 Å². The van der Waals surface area contributed by atoms with Crippen molar-refractivity contribution in [3.63, 3.8) is 0 Å². The Kier molecular flexibility index (Phi) is 7.94. The molecule has 0 fully saturated rings. The van der Waals surface area contributed by atoms with Crippen molar-refractivity contribution in [2.24, 2.45) is 0 Å². The second kappa shape index (κ2) is 4.39. The zero-order valence-corrected chi connectivity index (χ0v) is 8.56. The van der Waals surface area contributed by atoms with E-state index >= 15 is 0 Å². The summed E-state index contributed by atoms with van der Waals surface area (Å²) in [5.74, 6) is -0.833. The zero-order valence-electron chi connectivity index (χ0n) is 3.06. The molecule has 0 aliphatic heterocycles. The summed E-state index contributed by atoms with van der Waals surface area (Å²) in [7, 11) is 0. The number of carbonyl (C=O) groups is 1. The fourth-order valence-corrected chi connectivity index (χ4v) is 0. The van der Waals surface area contributed by atoms with Crippen LogP contribution >= 0.6 is 0 Å². The van der Waals surface area contributed by atoms with Crippen LogP contribution in [0.5, 0.6) is 0 Å². The van der Waals surface area contributed by atoms with Gasteiger partial charge in [-0.15, -0.1) is 0 Å². The minimum atomic E-state index is -0.833. The third kappa shape index (κ3) is 163. The van der Waals surface area contributed by atoms with Gasteiger partial charge in [0.05, 0.1) is 0 Å². The Bertz CT molecular complexity index is 30.6. The molecule has 2 nitrogen and oxygen atoms in total. The summed E-state index contributed by atoms with van der Waals surface area (Å²) in [5.41, 5.74) is 0. The van der Waals surface area contributed by atoms with Crippen LogP contribution < -0.4 is 0 Å². The average molecular weight is 269 g/mol. The number of aliphatic carboxylic acids is 1. The van der Waals surface area contributed by atoms with Gasteiger partial charge in [-0.05, 0) is 0 Å². The first-order chi connectivity index (χ1) is 1.73. The van der Waals surface area contributed by atoms with Crippen LogP contribution in [0.1, 0.15) is 6.92 Å². The molecule has 0 heterocycles. The molecule has 0 aromatic heterocycles. The Morgan fingerprint density at radius 2 is 1.80 bits per heavy atom. The molecule has 0 aliphatic carbocycles. The SMILES string of the molecule is CC(=O)O.[PbH2]. The van der Waals surface area contributed by atoms with Crippen molar-refractivity contribution in [2.45, 2.75) is 6.92 Å². The van der Waals surface area contributed by atoms with E-state index in [2.05, 4.69) is 0 Å². The van der Waals surface area contributed by atoms with E-state index in [9.17, 15) is 0 Å². The van der Waals surface area contributed by atoms with E-state index in [1.54, 1.807) is 0 Å². The first-order valence-electron chi connectivity index (χ1n) is 0.928. The van der Waals surface area contributed by atoms with Crippen molar-refractivity contribution in [2.75, 3.05) is 0 Å². The minimum absolute atomic E-state index is 0. The maximum absolute atomic E-state index is 9.00. The van der Waals surface area contributed by atoms with E-state index in [-0.39, 0.29) is 27.3 Å². The second-order valence-electron chi connectivity index (χ2n) is 0.519. The molecule has 0 spiro atoms. The quantitative estimate of drug-likeness (QED) is 0.583. The Morgan fingerprint density at radius 3 is 1.80 bits per heavy atom. The summed E-state index contributed by atoms with van der Waals surface area (Å²) >= 11 is 0. The van der Waals surface area contributed by atoms with Gasteiger partial charge in [-0.1, -0.05) is 0 Å². The van der Waals surface area contributed by atoms with Gasteiger partial charge >= 0.3 is 27.3 Å². The van der Waals surface area contributed by atoms with Crippen molar-refractivity contribution >= 4 is 33.3 Å². The van der Waals surface area contributed by atoms with Crippen LogP contribution in [0.25, 0.3) is 0 Å². The van der Waals surface area contributed by atoms with E-state index in [0.717, 1.165) is 6.92 Å². The van der Waals surface area contributed by atoms with Crippen LogP contribution in [0, 0.1) is 0 Å². The van der Waals surface area contributed by atoms with Crippen LogP contribution in [0.4, 0.5) is 0 Å². The summed E-state index contributed by atoms with van der Waals surface area (Å²) in [6, 6.07) is 0. The molecule has 0 atom stereocenters. The second-order valence-corrected chi connectivity index (χ2v) is 0.519. The summed E-state index contributed by atoms with van der Waals surface area (Å²) < 4.78 is 0. The Morgan fingerprint density at radius 1 is 1.80 bits per heavy atom. The van der Waals surface area contributed by atoms with Gasteiger partial charge in [0.1, 0.15) is 0 Å². The molecular formula is C2H6O2Pb. The summed E-state index contributed by atoms with van der Waals surface area (Å²) in [6.45, 7) is 1.08. The number of hydrogen-bond donors (Lipinski definition) is 1. The van der Waals surface area contributed by atoms with Gasteiger partial charge in [-0.25, -0.2) is 0 Å². The normalized spacial score (nSPS) is 5.00. The topological polar surface area (TPSA) is 37.3 Å². The molecule has 0 amide bonds. The molecule has 0 aromatic rings. The molecule has 0 saturated carbocycles. The monoisotopic (exact) mass is 270 g/mol. The molecule has 0 aliphatic rings. The maximum atomic E-state index is 9.00. The van der Waals surface area contributed by atoms with Gasteiger partial charge < -0.3 is 5.11 Å². The summed E-state index contributed by atoms with van der Waals surface area (Å²) in [6.07, 6.45) is 0. The van der Waals surface area contributed by atoms with Gasteiger partial charge in [-0.3, -0.25) is 4.79 Å². The Hall–Kier alpha value is 0.392. The Labute approximate surface area is 50.3 Å². The molecule has 0 unspecified atom stereocenters. The van der Waals surface area contributed by atoms with Gasteiger partial charge in [-0.2, -0.15) is 0 Å². The standard InChI is InChI=1S/C2H4O2.Pb.2H/c1-2(3)4;;;/h1H3,(H,3,4);;;. The molecule has 0 rings (SSSR count). The molecule has 0 bridgehead atoms. The van der Waals surface area contributed by atoms with Gasteiger partial charge in [0.2, 0.25) is 0 Å².